The maximum atomic E-state index is 6.49. The first kappa shape index (κ1) is 14.5. The maximum absolute atomic E-state index is 6.49. The third-order valence-electron chi connectivity index (χ3n) is 4.68. The van der Waals surface area contributed by atoms with Crippen molar-refractivity contribution >= 4 is 11.0 Å². The Kier molecular flexibility index (Phi) is 4.27. The van der Waals surface area contributed by atoms with E-state index < -0.39 is 0 Å². The van der Waals surface area contributed by atoms with E-state index in [0.717, 1.165) is 43.8 Å². The van der Waals surface area contributed by atoms with Crippen LogP contribution in [-0.4, -0.2) is 28.3 Å². The lowest BCUT2D eigenvalue weighted by Gasteiger charge is -2.23. The van der Waals surface area contributed by atoms with E-state index in [0.29, 0.717) is 12.0 Å². The van der Waals surface area contributed by atoms with Crippen LogP contribution in [0.1, 0.15) is 32.5 Å². The van der Waals surface area contributed by atoms with Crippen LogP contribution in [0.5, 0.6) is 0 Å². The molecule has 0 radical (unpaired) electrons. The molecule has 3 atom stereocenters. The van der Waals surface area contributed by atoms with E-state index in [1.165, 1.54) is 5.52 Å². The minimum atomic E-state index is 0.125. The van der Waals surface area contributed by atoms with Gasteiger partial charge in [-0.15, -0.1) is 0 Å². The van der Waals surface area contributed by atoms with E-state index in [-0.39, 0.29) is 6.04 Å². The Bertz CT molecular complexity index is 607. The Morgan fingerprint density at radius 3 is 2.95 bits per heavy atom. The first-order valence-corrected chi connectivity index (χ1v) is 8.05. The Balaban J connectivity index is 1.84. The lowest BCUT2D eigenvalue weighted by molar-refractivity contribution is 0.0811. The summed E-state index contributed by atoms with van der Waals surface area (Å²) in [5, 5.41) is 0. The molecule has 1 fully saturated rings. The van der Waals surface area contributed by atoms with Crippen molar-refractivity contribution in [3.8, 4) is 0 Å². The average molecular weight is 287 g/mol. The van der Waals surface area contributed by atoms with Gasteiger partial charge in [-0.3, -0.25) is 0 Å². The van der Waals surface area contributed by atoms with Gasteiger partial charge in [0.15, 0.2) is 0 Å². The van der Waals surface area contributed by atoms with E-state index in [2.05, 4.69) is 36.6 Å². The number of nitrogens with two attached hydrogens (primary N) is 1. The second-order valence-electron chi connectivity index (χ2n) is 5.90. The SMILES string of the molecule is CCC1OCCC1C(N)Cc1nc2ccccc2n1CC. The zero-order valence-electron chi connectivity index (χ0n) is 13.0. The predicted octanol–water partition coefficient (Wildman–Crippen LogP) is 2.74. The highest BCUT2D eigenvalue weighted by Gasteiger charge is 2.32. The van der Waals surface area contributed by atoms with Crippen LogP contribution < -0.4 is 5.73 Å². The summed E-state index contributed by atoms with van der Waals surface area (Å²) in [7, 11) is 0. The Hall–Kier alpha value is -1.39. The molecule has 1 aromatic carbocycles. The Labute approximate surface area is 126 Å². The predicted molar refractivity (Wildman–Crippen MR) is 85.2 cm³/mol. The summed E-state index contributed by atoms with van der Waals surface area (Å²) in [6.45, 7) is 6.12. The van der Waals surface area contributed by atoms with Crippen LogP contribution in [0.3, 0.4) is 0 Å². The number of aryl methyl sites for hydroxylation is 1. The van der Waals surface area contributed by atoms with Crippen molar-refractivity contribution in [3.63, 3.8) is 0 Å². The fourth-order valence-electron chi connectivity index (χ4n) is 3.57. The van der Waals surface area contributed by atoms with Crippen LogP contribution in [0.25, 0.3) is 11.0 Å². The molecule has 2 heterocycles. The number of hydrogen-bond donors (Lipinski definition) is 1. The fraction of sp³-hybridized carbons (Fsp3) is 0.588. The normalized spacial score (nSPS) is 23.8. The first-order valence-electron chi connectivity index (χ1n) is 8.05. The van der Waals surface area contributed by atoms with Crippen LogP contribution in [0.15, 0.2) is 24.3 Å². The third kappa shape index (κ3) is 2.70. The molecule has 2 aromatic rings. The molecular weight excluding hydrogens is 262 g/mol. The number of hydrogen-bond acceptors (Lipinski definition) is 3. The molecule has 4 heteroatoms. The van der Waals surface area contributed by atoms with Crippen LogP contribution >= 0.6 is 0 Å². The number of ether oxygens (including phenoxy) is 1. The largest absolute Gasteiger partial charge is 0.378 e. The highest BCUT2D eigenvalue weighted by Crippen LogP contribution is 2.27. The number of imidazole rings is 1. The van der Waals surface area contributed by atoms with Crippen molar-refractivity contribution in [2.45, 2.75) is 51.8 Å². The van der Waals surface area contributed by atoms with E-state index in [9.17, 15) is 0 Å². The standard InChI is InChI=1S/C17H25N3O/c1-3-16-12(9-10-21-16)13(18)11-17-19-14-7-5-6-8-15(14)20(17)4-2/h5-8,12-13,16H,3-4,9-11,18H2,1-2H3. The van der Waals surface area contributed by atoms with Crippen molar-refractivity contribution in [2.24, 2.45) is 11.7 Å². The summed E-state index contributed by atoms with van der Waals surface area (Å²) in [6, 6.07) is 8.44. The molecule has 21 heavy (non-hydrogen) atoms. The van der Waals surface area contributed by atoms with Gasteiger partial charge < -0.3 is 15.0 Å². The molecule has 1 aromatic heterocycles. The Morgan fingerprint density at radius 2 is 2.19 bits per heavy atom. The molecule has 0 aliphatic carbocycles. The molecule has 3 rings (SSSR count). The maximum Gasteiger partial charge on any atom is 0.111 e. The molecule has 4 nitrogen and oxygen atoms in total. The molecule has 0 saturated carbocycles. The van der Waals surface area contributed by atoms with Crippen LogP contribution in [0.4, 0.5) is 0 Å². The minimum Gasteiger partial charge on any atom is -0.378 e. The number of para-hydroxylation sites is 2. The van der Waals surface area contributed by atoms with Gasteiger partial charge in [0.2, 0.25) is 0 Å². The summed E-state index contributed by atoms with van der Waals surface area (Å²) >= 11 is 0. The highest BCUT2D eigenvalue weighted by molar-refractivity contribution is 5.75. The number of aromatic nitrogens is 2. The van der Waals surface area contributed by atoms with Gasteiger partial charge >= 0.3 is 0 Å². The molecule has 0 spiro atoms. The highest BCUT2D eigenvalue weighted by atomic mass is 16.5. The minimum absolute atomic E-state index is 0.125. The number of fused-ring (bicyclic) bond motifs is 1. The Morgan fingerprint density at radius 1 is 1.38 bits per heavy atom. The summed E-state index contributed by atoms with van der Waals surface area (Å²) in [6.07, 6.45) is 3.27. The van der Waals surface area contributed by atoms with Gasteiger partial charge in [-0.1, -0.05) is 19.1 Å². The van der Waals surface area contributed by atoms with Gasteiger partial charge in [0, 0.05) is 31.5 Å². The zero-order chi connectivity index (χ0) is 14.8. The van der Waals surface area contributed by atoms with Crippen LogP contribution in [-0.2, 0) is 17.7 Å². The lowest BCUT2D eigenvalue weighted by atomic mass is 9.90. The van der Waals surface area contributed by atoms with E-state index in [4.69, 9.17) is 15.5 Å². The smallest absolute Gasteiger partial charge is 0.111 e. The van der Waals surface area contributed by atoms with Crippen molar-refractivity contribution in [2.75, 3.05) is 6.61 Å². The average Bonchev–Trinajstić information content (AvgIpc) is 3.10. The molecule has 1 aliphatic heterocycles. The number of benzene rings is 1. The topological polar surface area (TPSA) is 53.1 Å². The molecule has 3 unspecified atom stereocenters. The van der Waals surface area contributed by atoms with Crippen molar-refractivity contribution in [3.05, 3.63) is 30.1 Å². The molecule has 0 bridgehead atoms. The molecular formula is C17H25N3O. The third-order valence-corrected chi connectivity index (χ3v) is 4.68. The molecule has 1 saturated heterocycles. The zero-order valence-corrected chi connectivity index (χ0v) is 13.0. The number of nitrogens with zero attached hydrogens (tertiary/aromatic N) is 2. The van der Waals surface area contributed by atoms with E-state index in [1.807, 2.05) is 6.07 Å². The summed E-state index contributed by atoms with van der Waals surface area (Å²) in [5.41, 5.74) is 8.76. The fourth-order valence-corrected chi connectivity index (χ4v) is 3.57. The monoisotopic (exact) mass is 287 g/mol. The van der Waals surface area contributed by atoms with Crippen molar-refractivity contribution in [1.29, 1.82) is 0 Å². The van der Waals surface area contributed by atoms with E-state index >= 15 is 0 Å². The van der Waals surface area contributed by atoms with Crippen molar-refractivity contribution in [1.82, 2.24) is 9.55 Å². The molecule has 114 valence electrons. The van der Waals surface area contributed by atoms with E-state index in [1.54, 1.807) is 0 Å². The quantitative estimate of drug-likeness (QED) is 0.920. The van der Waals surface area contributed by atoms with Gasteiger partial charge in [-0.25, -0.2) is 4.98 Å². The van der Waals surface area contributed by atoms with Gasteiger partial charge in [-0.2, -0.15) is 0 Å². The van der Waals surface area contributed by atoms with Gasteiger partial charge in [0.25, 0.3) is 0 Å². The first-order chi connectivity index (χ1) is 10.2. The summed E-state index contributed by atoms with van der Waals surface area (Å²) in [4.78, 5) is 4.79. The lowest BCUT2D eigenvalue weighted by Crippen LogP contribution is -2.37. The number of rotatable bonds is 5. The van der Waals surface area contributed by atoms with Crippen LogP contribution in [0, 0.1) is 5.92 Å². The summed E-state index contributed by atoms with van der Waals surface area (Å²) < 4.78 is 8.07. The van der Waals surface area contributed by atoms with Crippen molar-refractivity contribution < 1.29 is 4.74 Å². The van der Waals surface area contributed by atoms with Gasteiger partial charge in [-0.05, 0) is 31.9 Å². The molecule has 0 amide bonds. The van der Waals surface area contributed by atoms with Crippen LogP contribution in [0.2, 0.25) is 0 Å². The molecule has 1 aliphatic rings. The second-order valence-corrected chi connectivity index (χ2v) is 5.90. The summed E-state index contributed by atoms with van der Waals surface area (Å²) in [5.74, 6) is 1.56. The van der Waals surface area contributed by atoms with Gasteiger partial charge in [0.05, 0.1) is 17.1 Å². The van der Waals surface area contributed by atoms with Gasteiger partial charge in [0.1, 0.15) is 5.82 Å². The second kappa shape index (κ2) is 6.16. The molecule has 2 N–H and O–H groups in total.